The maximum absolute atomic E-state index is 13.6. The Kier molecular flexibility index (Phi) is 6.68. The van der Waals surface area contributed by atoms with Gasteiger partial charge in [0.1, 0.15) is 5.75 Å². The molecule has 0 saturated heterocycles. The second-order valence-corrected chi connectivity index (χ2v) is 9.03. The van der Waals surface area contributed by atoms with Gasteiger partial charge >= 0.3 is 0 Å². The Morgan fingerprint density at radius 2 is 1.29 bits per heavy atom. The minimum Gasteiger partial charge on any atom is -0.497 e. The summed E-state index contributed by atoms with van der Waals surface area (Å²) in [6.45, 7) is 0. The van der Waals surface area contributed by atoms with Gasteiger partial charge in [-0.15, -0.1) is 0 Å². The molecule has 35 heavy (non-hydrogen) atoms. The van der Waals surface area contributed by atoms with E-state index in [0.29, 0.717) is 5.13 Å². The molecule has 4 aromatic carbocycles. The number of methoxy groups -OCH3 is 1. The van der Waals surface area contributed by atoms with E-state index >= 15 is 0 Å². The van der Waals surface area contributed by atoms with Crippen molar-refractivity contribution in [2.24, 2.45) is 0 Å². The number of anilines is 1. The summed E-state index contributed by atoms with van der Waals surface area (Å²) in [5, 5.41) is 3.67. The third-order valence-corrected chi connectivity index (χ3v) is 6.80. The summed E-state index contributed by atoms with van der Waals surface area (Å²) in [6, 6.07) is 37.6. The van der Waals surface area contributed by atoms with Gasteiger partial charge in [-0.05, 0) is 41.0 Å². The van der Waals surface area contributed by atoms with Crippen LogP contribution in [-0.4, -0.2) is 18.0 Å². The quantitative estimate of drug-likeness (QED) is 0.269. The van der Waals surface area contributed by atoms with E-state index < -0.39 is 5.92 Å². The molecule has 5 aromatic rings. The van der Waals surface area contributed by atoms with Gasteiger partial charge in [-0.25, -0.2) is 4.98 Å². The SMILES string of the molecule is COc1ccc(-c2sc(NC(=O)C(c3ccccc3)c3ccccc3)nc2-c2ccccc2)cc1. The van der Waals surface area contributed by atoms with Crippen molar-refractivity contribution >= 4 is 22.4 Å². The van der Waals surface area contributed by atoms with Gasteiger partial charge in [-0.2, -0.15) is 0 Å². The second-order valence-electron chi connectivity index (χ2n) is 8.03. The number of nitrogens with zero attached hydrogens (tertiary/aromatic N) is 1. The highest BCUT2D eigenvalue weighted by molar-refractivity contribution is 7.19. The fourth-order valence-electron chi connectivity index (χ4n) is 4.07. The van der Waals surface area contributed by atoms with E-state index in [-0.39, 0.29) is 5.91 Å². The van der Waals surface area contributed by atoms with E-state index in [0.717, 1.165) is 38.6 Å². The predicted octanol–water partition coefficient (Wildman–Crippen LogP) is 7.26. The maximum atomic E-state index is 13.6. The van der Waals surface area contributed by atoms with Gasteiger partial charge in [0.05, 0.1) is 23.6 Å². The van der Waals surface area contributed by atoms with E-state index in [4.69, 9.17) is 9.72 Å². The molecule has 5 rings (SSSR count). The summed E-state index contributed by atoms with van der Waals surface area (Å²) < 4.78 is 5.32. The van der Waals surface area contributed by atoms with Crippen LogP contribution < -0.4 is 10.1 Å². The number of carbonyl (C=O) groups is 1. The van der Waals surface area contributed by atoms with Crippen LogP contribution in [0, 0.1) is 0 Å². The number of carbonyl (C=O) groups excluding carboxylic acids is 1. The molecule has 0 saturated carbocycles. The highest BCUT2D eigenvalue weighted by atomic mass is 32.1. The molecule has 0 bridgehead atoms. The fraction of sp³-hybridized carbons (Fsp3) is 0.0667. The lowest BCUT2D eigenvalue weighted by molar-refractivity contribution is -0.116. The average molecular weight is 477 g/mol. The molecule has 5 heteroatoms. The van der Waals surface area contributed by atoms with Crippen LogP contribution in [0.1, 0.15) is 17.0 Å². The summed E-state index contributed by atoms with van der Waals surface area (Å²) in [4.78, 5) is 19.5. The van der Waals surface area contributed by atoms with E-state index in [1.165, 1.54) is 11.3 Å². The minimum atomic E-state index is -0.439. The van der Waals surface area contributed by atoms with Crippen LogP contribution in [0.2, 0.25) is 0 Å². The Morgan fingerprint density at radius 1 is 0.743 bits per heavy atom. The number of ether oxygens (including phenoxy) is 1. The molecule has 0 spiro atoms. The molecule has 1 N–H and O–H groups in total. The summed E-state index contributed by atoms with van der Waals surface area (Å²) in [6.07, 6.45) is 0. The Bertz CT molecular complexity index is 1360. The van der Waals surface area contributed by atoms with Gasteiger partial charge in [0.2, 0.25) is 5.91 Å². The molecule has 0 aliphatic heterocycles. The lowest BCUT2D eigenvalue weighted by Gasteiger charge is -2.17. The monoisotopic (exact) mass is 476 g/mol. The van der Waals surface area contributed by atoms with Crippen LogP contribution in [0.15, 0.2) is 115 Å². The van der Waals surface area contributed by atoms with Gasteiger partial charge < -0.3 is 10.1 Å². The molecule has 0 aliphatic carbocycles. The van der Waals surface area contributed by atoms with Gasteiger partial charge in [-0.3, -0.25) is 4.79 Å². The number of thiazole rings is 1. The fourth-order valence-corrected chi connectivity index (χ4v) is 5.06. The summed E-state index contributed by atoms with van der Waals surface area (Å²) in [5.41, 5.74) is 4.73. The normalized spacial score (nSPS) is 10.8. The molecule has 172 valence electrons. The Balaban J connectivity index is 1.53. The Morgan fingerprint density at radius 3 is 1.83 bits per heavy atom. The van der Waals surface area contributed by atoms with Crippen LogP contribution in [-0.2, 0) is 4.79 Å². The highest BCUT2D eigenvalue weighted by Gasteiger charge is 2.24. The number of hydrogen-bond donors (Lipinski definition) is 1. The van der Waals surface area contributed by atoms with Crippen molar-refractivity contribution in [3.05, 3.63) is 126 Å². The summed E-state index contributed by atoms with van der Waals surface area (Å²) in [5.74, 6) is 0.240. The van der Waals surface area contributed by atoms with Gasteiger partial charge in [-0.1, -0.05) is 102 Å². The van der Waals surface area contributed by atoms with Crippen molar-refractivity contribution in [2.75, 3.05) is 12.4 Å². The second kappa shape index (κ2) is 10.4. The first-order valence-corrected chi connectivity index (χ1v) is 12.2. The summed E-state index contributed by atoms with van der Waals surface area (Å²) in [7, 11) is 1.65. The van der Waals surface area contributed by atoms with Crippen molar-refractivity contribution < 1.29 is 9.53 Å². The number of nitrogens with one attached hydrogen (secondary N) is 1. The van der Waals surface area contributed by atoms with Crippen LogP contribution in [0.5, 0.6) is 5.75 Å². The molecular formula is C30H24N2O2S. The van der Waals surface area contributed by atoms with Crippen molar-refractivity contribution in [3.8, 4) is 27.4 Å². The molecule has 4 nitrogen and oxygen atoms in total. The lowest BCUT2D eigenvalue weighted by atomic mass is 9.90. The molecular weight excluding hydrogens is 452 g/mol. The predicted molar refractivity (Wildman–Crippen MR) is 143 cm³/mol. The Hall–Kier alpha value is -4.22. The van der Waals surface area contributed by atoms with E-state index in [1.54, 1.807) is 7.11 Å². The zero-order valence-electron chi connectivity index (χ0n) is 19.2. The largest absolute Gasteiger partial charge is 0.497 e. The zero-order chi connectivity index (χ0) is 24.0. The standard InChI is InChI=1S/C30H24N2O2S/c1-34-25-19-17-24(18-20-25)28-27(23-15-9-4-10-16-23)31-30(35-28)32-29(33)26(21-11-5-2-6-12-21)22-13-7-3-8-14-22/h2-20,26H,1H3,(H,31,32,33). The van der Waals surface area contributed by atoms with Crippen LogP contribution in [0.25, 0.3) is 21.7 Å². The number of rotatable bonds is 7. The van der Waals surface area contributed by atoms with E-state index in [1.807, 2.05) is 115 Å². The van der Waals surface area contributed by atoms with Gasteiger partial charge in [0.25, 0.3) is 0 Å². The minimum absolute atomic E-state index is 0.114. The molecule has 0 radical (unpaired) electrons. The zero-order valence-corrected chi connectivity index (χ0v) is 20.0. The first-order chi connectivity index (χ1) is 17.2. The number of hydrogen-bond acceptors (Lipinski definition) is 4. The molecule has 0 aliphatic rings. The van der Waals surface area contributed by atoms with E-state index in [9.17, 15) is 4.79 Å². The molecule has 1 aromatic heterocycles. The first kappa shape index (κ1) is 22.6. The van der Waals surface area contributed by atoms with Crippen LogP contribution in [0.4, 0.5) is 5.13 Å². The van der Waals surface area contributed by atoms with Crippen molar-refractivity contribution in [1.29, 1.82) is 0 Å². The number of benzene rings is 4. The van der Waals surface area contributed by atoms with Gasteiger partial charge in [0.15, 0.2) is 5.13 Å². The van der Waals surface area contributed by atoms with Crippen molar-refractivity contribution in [1.82, 2.24) is 4.98 Å². The van der Waals surface area contributed by atoms with Crippen molar-refractivity contribution in [2.45, 2.75) is 5.92 Å². The van der Waals surface area contributed by atoms with Crippen molar-refractivity contribution in [3.63, 3.8) is 0 Å². The molecule has 0 atom stereocenters. The average Bonchev–Trinajstić information content (AvgIpc) is 3.34. The third kappa shape index (κ3) is 5.00. The molecule has 0 fully saturated rings. The van der Waals surface area contributed by atoms with Crippen LogP contribution in [0.3, 0.4) is 0 Å². The first-order valence-electron chi connectivity index (χ1n) is 11.3. The molecule has 0 unspecified atom stereocenters. The van der Waals surface area contributed by atoms with Crippen LogP contribution >= 0.6 is 11.3 Å². The topological polar surface area (TPSA) is 51.2 Å². The lowest BCUT2D eigenvalue weighted by Crippen LogP contribution is -2.22. The number of aromatic nitrogens is 1. The number of amides is 1. The van der Waals surface area contributed by atoms with E-state index in [2.05, 4.69) is 5.32 Å². The summed E-state index contributed by atoms with van der Waals surface area (Å²) >= 11 is 1.47. The molecule has 1 heterocycles. The highest BCUT2D eigenvalue weighted by Crippen LogP contribution is 2.40. The molecule has 1 amide bonds. The maximum Gasteiger partial charge on any atom is 0.238 e. The third-order valence-electron chi connectivity index (χ3n) is 5.78. The Labute approximate surface area is 208 Å². The van der Waals surface area contributed by atoms with Gasteiger partial charge in [0, 0.05) is 5.56 Å². The smallest absolute Gasteiger partial charge is 0.238 e.